The minimum Gasteiger partial charge on any atom is -0.467 e. The van der Waals surface area contributed by atoms with Crippen LogP contribution in [0.1, 0.15) is 17.3 Å². The second-order valence-electron chi connectivity index (χ2n) is 3.35. The van der Waals surface area contributed by atoms with Crippen molar-refractivity contribution in [2.75, 3.05) is 7.11 Å². The van der Waals surface area contributed by atoms with Gasteiger partial charge in [-0.25, -0.2) is 9.18 Å². The number of halogens is 2. The molecule has 1 unspecified atom stereocenters. The fraction of sp³-hybridized carbons (Fsp3) is 0.273. The van der Waals surface area contributed by atoms with E-state index < -0.39 is 23.7 Å². The van der Waals surface area contributed by atoms with Crippen molar-refractivity contribution < 1.29 is 18.7 Å². The third kappa shape index (κ3) is 3.52. The van der Waals surface area contributed by atoms with Gasteiger partial charge in [-0.1, -0.05) is 0 Å². The highest BCUT2D eigenvalue weighted by molar-refractivity contribution is 9.10. The lowest BCUT2D eigenvalue weighted by Crippen LogP contribution is -2.39. The summed E-state index contributed by atoms with van der Waals surface area (Å²) in [6, 6.07) is 3.18. The predicted molar refractivity (Wildman–Crippen MR) is 63.0 cm³/mol. The first-order chi connectivity index (χ1) is 7.95. The van der Waals surface area contributed by atoms with Crippen molar-refractivity contribution in [3.63, 3.8) is 0 Å². The molecule has 0 spiro atoms. The number of ether oxygens (including phenoxy) is 1. The Balaban J connectivity index is 2.76. The van der Waals surface area contributed by atoms with E-state index in [0.717, 1.165) is 6.07 Å². The van der Waals surface area contributed by atoms with Gasteiger partial charge in [-0.3, -0.25) is 4.79 Å². The summed E-state index contributed by atoms with van der Waals surface area (Å²) < 4.78 is 17.9. The van der Waals surface area contributed by atoms with Crippen LogP contribution < -0.4 is 5.32 Å². The minimum atomic E-state index is -0.779. The zero-order valence-corrected chi connectivity index (χ0v) is 10.9. The standard InChI is InChI=1S/C11H11BrFNO3/c1-6(11(16)17-2)14-10(15)7-3-4-8(12)9(13)5-7/h3-6H,1-2H3,(H,14,15). The van der Waals surface area contributed by atoms with E-state index in [1.54, 1.807) is 0 Å². The number of amides is 1. The van der Waals surface area contributed by atoms with E-state index >= 15 is 0 Å². The van der Waals surface area contributed by atoms with Gasteiger partial charge in [0, 0.05) is 5.56 Å². The summed E-state index contributed by atoms with van der Waals surface area (Å²) in [6.07, 6.45) is 0. The van der Waals surface area contributed by atoms with E-state index in [9.17, 15) is 14.0 Å². The summed E-state index contributed by atoms with van der Waals surface area (Å²) in [5, 5.41) is 2.40. The van der Waals surface area contributed by atoms with Crippen molar-refractivity contribution in [1.82, 2.24) is 5.32 Å². The molecule has 1 aromatic carbocycles. The summed E-state index contributed by atoms with van der Waals surface area (Å²) in [7, 11) is 1.23. The molecule has 4 nitrogen and oxygen atoms in total. The van der Waals surface area contributed by atoms with Gasteiger partial charge in [-0.2, -0.15) is 0 Å². The Morgan fingerprint density at radius 3 is 2.65 bits per heavy atom. The summed E-state index contributed by atoms with van der Waals surface area (Å²) in [4.78, 5) is 22.7. The maximum absolute atomic E-state index is 13.2. The minimum absolute atomic E-state index is 0.140. The maximum Gasteiger partial charge on any atom is 0.328 e. The highest BCUT2D eigenvalue weighted by atomic mass is 79.9. The van der Waals surface area contributed by atoms with Crippen LogP contribution in [-0.4, -0.2) is 25.0 Å². The molecule has 0 fully saturated rings. The smallest absolute Gasteiger partial charge is 0.328 e. The first kappa shape index (κ1) is 13.6. The number of nitrogens with one attached hydrogen (secondary N) is 1. The van der Waals surface area contributed by atoms with Crippen LogP contribution in [0, 0.1) is 5.82 Å². The fourth-order valence-electron chi connectivity index (χ4n) is 1.15. The van der Waals surface area contributed by atoms with E-state index in [4.69, 9.17) is 0 Å². The van der Waals surface area contributed by atoms with E-state index in [0.29, 0.717) is 0 Å². The molecule has 0 aromatic heterocycles. The van der Waals surface area contributed by atoms with Gasteiger partial charge in [-0.15, -0.1) is 0 Å². The Labute approximate surface area is 106 Å². The lowest BCUT2D eigenvalue weighted by molar-refractivity contribution is -0.142. The van der Waals surface area contributed by atoms with Crippen LogP contribution in [0.25, 0.3) is 0 Å². The van der Waals surface area contributed by atoms with Crippen molar-refractivity contribution in [3.8, 4) is 0 Å². The molecule has 0 bridgehead atoms. The number of hydrogen-bond donors (Lipinski definition) is 1. The third-order valence-corrected chi connectivity index (χ3v) is 2.73. The molecule has 1 amide bonds. The van der Waals surface area contributed by atoms with Crippen LogP contribution in [0.2, 0.25) is 0 Å². The first-order valence-electron chi connectivity index (χ1n) is 4.79. The Bertz CT molecular complexity index is 450. The van der Waals surface area contributed by atoms with Gasteiger partial charge in [0.2, 0.25) is 0 Å². The van der Waals surface area contributed by atoms with Gasteiger partial charge >= 0.3 is 5.97 Å². The molecule has 1 rings (SSSR count). The predicted octanol–water partition coefficient (Wildman–Crippen LogP) is 1.88. The highest BCUT2D eigenvalue weighted by Crippen LogP contribution is 2.16. The van der Waals surface area contributed by atoms with Crippen molar-refractivity contribution in [2.24, 2.45) is 0 Å². The van der Waals surface area contributed by atoms with Crippen molar-refractivity contribution in [2.45, 2.75) is 13.0 Å². The molecule has 6 heteroatoms. The fourth-order valence-corrected chi connectivity index (χ4v) is 1.40. The van der Waals surface area contributed by atoms with E-state index in [1.807, 2.05) is 0 Å². The molecule has 0 aliphatic heterocycles. The average molecular weight is 304 g/mol. The number of rotatable bonds is 3. The Morgan fingerprint density at radius 1 is 1.47 bits per heavy atom. The molecule has 1 atom stereocenters. The summed E-state index contributed by atoms with van der Waals surface area (Å²) >= 11 is 2.98. The number of hydrogen-bond acceptors (Lipinski definition) is 3. The van der Waals surface area contributed by atoms with Gasteiger partial charge < -0.3 is 10.1 Å². The maximum atomic E-state index is 13.2. The molecule has 0 radical (unpaired) electrons. The summed E-state index contributed by atoms with van der Waals surface area (Å²) in [5.74, 6) is -1.63. The molecule has 0 aliphatic carbocycles. The zero-order chi connectivity index (χ0) is 13.0. The van der Waals surface area contributed by atoms with Crippen LogP contribution in [-0.2, 0) is 9.53 Å². The van der Waals surface area contributed by atoms with Gasteiger partial charge in [0.25, 0.3) is 5.91 Å². The molecular weight excluding hydrogens is 293 g/mol. The lowest BCUT2D eigenvalue weighted by atomic mass is 10.2. The second-order valence-corrected chi connectivity index (χ2v) is 4.20. The number of benzene rings is 1. The molecule has 0 heterocycles. The van der Waals surface area contributed by atoms with Crippen LogP contribution in [0.3, 0.4) is 0 Å². The third-order valence-electron chi connectivity index (χ3n) is 2.08. The first-order valence-corrected chi connectivity index (χ1v) is 5.58. The SMILES string of the molecule is COC(=O)C(C)NC(=O)c1ccc(Br)c(F)c1. The van der Waals surface area contributed by atoms with Gasteiger partial charge in [-0.05, 0) is 41.1 Å². The van der Waals surface area contributed by atoms with Crippen LogP contribution in [0.15, 0.2) is 22.7 Å². The summed E-state index contributed by atoms with van der Waals surface area (Å²) in [5.41, 5.74) is 0.140. The largest absolute Gasteiger partial charge is 0.467 e. The molecule has 1 aromatic rings. The van der Waals surface area contributed by atoms with Gasteiger partial charge in [0.05, 0.1) is 11.6 Å². The molecule has 0 saturated carbocycles. The zero-order valence-electron chi connectivity index (χ0n) is 9.29. The second kappa shape index (κ2) is 5.77. The quantitative estimate of drug-likeness (QED) is 0.868. The monoisotopic (exact) mass is 303 g/mol. The molecule has 17 heavy (non-hydrogen) atoms. The van der Waals surface area contributed by atoms with Crippen molar-refractivity contribution in [1.29, 1.82) is 0 Å². The normalized spacial score (nSPS) is 11.8. The van der Waals surface area contributed by atoms with E-state index in [2.05, 4.69) is 26.0 Å². The van der Waals surface area contributed by atoms with Crippen LogP contribution in [0.5, 0.6) is 0 Å². The molecule has 0 saturated heterocycles. The Hall–Kier alpha value is -1.43. The van der Waals surface area contributed by atoms with Crippen molar-refractivity contribution in [3.05, 3.63) is 34.1 Å². The average Bonchev–Trinajstić information content (AvgIpc) is 2.31. The van der Waals surface area contributed by atoms with Gasteiger partial charge in [0.1, 0.15) is 11.9 Å². The lowest BCUT2D eigenvalue weighted by Gasteiger charge is -2.11. The number of carbonyl (C=O) groups excluding carboxylic acids is 2. The topological polar surface area (TPSA) is 55.4 Å². The van der Waals surface area contributed by atoms with Crippen LogP contribution >= 0.6 is 15.9 Å². The Morgan fingerprint density at radius 2 is 2.12 bits per heavy atom. The molecular formula is C11H11BrFNO3. The molecule has 0 aliphatic rings. The summed E-state index contributed by atoms with van der Waals surface area (Å²) in [6.45, 7) is 1.49. The Kier molecular flexibility index (Phi) is 4.62. The number of esters is 1. The molecule has 1 N–H and O–H groups in total. The highest BCUT2D eigenvalue weighted by Gasteiger charge is 2.17. The number of carbonyl (C=O) groups is 2. The van der Waals surface area contributed by atoms with E-state index in [-0.39, 0.29) is 10.0 Å². The molecule has 92 valence electrons. The van der Waals surface area contributed by atoms with Crippen molar-refractivity contribution >= 4 is 27.8 Å². The van der Waals surface area contributed by atoms with Gasteiger partial charge in [0.15, 0.2) is 0 Å². The van der Waals surface area contributed by atoms with E-state index in [1.165, 1.54) is 26.2 Å². The van der Waals surface area contributed by atoms with Crippen LogP contribution in [0.4, 0.5) is 4.39 Å². The number of methoxy groups -OCH3 is 1.